The van der Waals surface area contributed by atoms with Crippen LogP contribution in [0.3, 0.4) is 0 Å². The van der Waals surface area contributed by atoms with Crippen molar-refractivity contribution in [3.05, 3.63) is 72.0 Å². The summed E-state index contributed by atoms with van der Waals surface area (Å²) in [4.78, 5) is 14.3. The minimum absolute atomic E-state index is 0.0407. The highest BCUT2D eigenvalue weighted by atomic mass is 32.2. The Morgan fingerprint density at radius 3 is 2.51 bits per heavy atom. The lowest BCUT2D eigenvalue weighted by molar-refractivity contribution is 0.0694. The number of nitrogens with zero attached hydrogens (tertiary/aromatic N) is 2. The molecule has 0 saturated heterocycles. The number of hydrogen-bond acceptors (Lipinski definition) is 6. The standard InChI is InChI=1S/C27H29FN2O5S2/c1-4-5-9-20-17-30(19-10-7-6-8-11-19)22-15-25(36-3)24(16-26(22)37(33,34)29(20)2)35-23-14-18(28)12-13-21(23)27(31)32/h6-8,10-16,20H,4-5,9,17H2,1-3H3,(H,31,32). The molecule has 7 nitrogen and oxygen atoms in total. The van der Waals surface area contributed by atoms with Gasteiger partial charge in [-0.1, -0.05) is 38.0 Å². The highest BCUT2D eigenvalue weighted by Crippen LogP contribution is 2.44. The van der Waals surface area contributed by atoms with Crippen molar-refractivity contribution in [1.29, 1.82) is 0 Å². The number of aromatic carboxylic acids is 1. The molecule has 4 rings (SSSR count). The summed E-state index contributed by atoms with van der Waals surface area (Å²) >= 11 is 1.32. The summed E-state index contributed by atoms with van der Waals surface area (Å²) in [6.45, 7) is 2.54. The summed E-state index contributed by atoms with van der Waals surface area (Å²) in [5.74, 6) is -2.02. The third kappa shape index (κ3) is 5.46. The Morgan fingerprint density at radius 1 is 1.14 bits per heavy atom. The molecular formula is C27H29FN2O5S2. The molecule has 0 spiro atoms. The number of sulfonamides is 1. The number of ether oxygens (including phenoxy) is 1. The molecule has 0 radical (unpaired) electrons. The van der Waals surface area contributed by atoms with Crippen LogP contribution in [-0.4, -0.2) is 49.7 Å². The maximum Gasteiger partial charge on any atom is 0.339 e. The number of carbonyl (C=O) groups is 1. The summed E-state index contributed by atoms with van der Waals surface area (Å²) in [5, 5.41) is 9.55. The van der Waals surface area contributed by atoms with E-state index in [9.17, 15) is 22.7 Å². The van der Waals surface area contributed by atoms with Crippen molar-refractivity contribution < 1.29 is 27.4 Å². The van der Waals surface area contributed by atoms with Crippen LogP contribution in [-0.2, 0) is 10.0 Å². The van der Waals surface area contributed by atoms with Crippen molar-refractivity contribution in [1.82, 2.24) is 4.31 Å². The van der Waals surface area contributed by atoms with Gasteiger partial charge in [0, 0.05) is 37.5 Å². The molecule has 0 bridgehead atoms. The van der Waals surface area contributed by atoms with Crippen molar-refractivity contribution in [2.75, 3.05) is 24.7 Å². The van der Waals surface area contributed by atoms with Gasteiger partial charge in [-0.05, 0) is 43.0 Å². The van der Waals surface area contributed by atoms with E-state index in [0.29, 0.717) is 23.5 Å². The molecule has 10 heteroatoms. The van der Waals surface area contributed by atoms with Crippen LogP contribution >= 0.6 is 11.8 Å². The Bertz CT molecular complexity index is 1400. The third-order valence-electron chi connectivity index (χ3n) is 6.45. The second-order valence-corrected chi connectivity index (χ2v) is 11.6. The lowest BCUT2D eigenvalue weighted by Gasteiger charge is -2.29. The van der Waals surface area contributed by atoms with Crippen LogP contribution in [0, 0.1) is 5.82 Å². The minimum Gasteiger partial charge on any atom is -0.478 e. The largest absolute Gasteiger partial charge is 0.478 e. The van der Waals surface area contributed by atoms with E-state index in [2.05, 4.69) is 6.92 Å². The Labute approximate surface area is 220 Å². The molecule has 37 heavy (non-hydrogen) atoms. The van der Waals surface area contributed by atoms with Gasteiger partial charge >= 0.3 is 5.97 Å². The highest BCUT2D eigenvalue weighted by molar-refractivity contribution is 7.98. The van der Waals surface area contributed by atoms with Gasteiger partial charge < -0.3 is 14.7 Å². The van der Waals surface area contributed by atoms with E-state index in [1.165, 1.54) is 22.1 Å². The lowest BCUT2D eigenvalue weighted by Crippen LogP contribution is -2.40. The second-order valence-electron chi connectivity index (χ2n) is 8.78. The van der Waals surface area contributed by atoms with Crippen molar-refractivity contribution >= 4 is 39.1 Å². The summed E-state index contributed by atoms with van der Waals surface area (Å²) in [7, 11) is -2.35. The van der Waals surface area contributed by atoms with Crippen LogP contribution in [0.1, 0.15) is 36.5 Å². The van der Waals surface area contributed by atoms with Crippen molar-refractivity contribution in [3.63, 3.8) is 0 Å². The molecule has 0 saturated carbocycles. The number of fused-ring (bicyclic) bond motifs is 1. The van der Waals surface area contributed by atoms with Gasteiger partial charge in [-0.2, -0.15) is 4.31 Å². The molecule has 0 fully saturated rings. The molecule has 1 aliphatic heterocycles. The van der Waals surface area contributed by atoms with E-state index in [-0.39, 0.29) is 28.0 Å². The van der Waals surface area contributed by atoms with Crippen LogP contribution in [0.4, 0.5) is 15.8 Å². The number of para-hydroxylation sites is 1. The number of carboxylic acids is 1. The molecule has 1 N–H and O–H groups in total. The summed E-state index contributed by atoms with van der Waals surface area (Å²) in [5.41, 5.74) is 1.13. The number of halogens is 1. The molecule has 1 unspecified atom stereocenters. The lowest BCUT2D eigenvalue weighted by atomic mass is 10.1. The molecule has 1 aliphatic rings. The maximum absolute atomic E-state index is 14.0. The number of rotatable bonds is 8. The minimum atomic E-state index is -3.94. The summed E-state index contributed by atoms with van der Waals surface area (Å²) in [6.07, 6.45) is 4.34. The fourth-order valence-corrected chi connectivity index (χ4v) is 6.50. The molecule has 0 amide bonds. The Kier molecular flexibility index (Phi) is 8.11. The first-order chi connectivity index (χ1) is 17.7. The van der Waals surface area contributed by atoms with Crippen LogP contribution in [0.15, 0.2) is 70.5 Å². The molecule has 0 aliphatic carbocycles. The predicted octanol–water partition coefficient (Wildman–Crippen LogP) is 6.37. The van der Waals surface area contributed by atoms with Gasteiger partial charge in [-0.15, -0.1) is 11.8 Å². The Morgan fingerprint density at radius 2 is 1.86 bits per heavy atom. The van der Waals surface area contributed by atoms with Gasteiger partial charge in [0.25, 0.3) is 0 Å². The topological polar surface area (TPSA) is 87.1 Å². The number of carboxylic acid groups (broad SMARTS) is 1. The summed E-state index contributed by atoms with van der Waals surface area (Å²) in [6, 6.07) is 15.6. The first-order valence-electron chi connectivity index (χ1n) is 11.9. The zero-order valence-corrected chi connectivity index (χ0v) is 22.5. The molecule has 0 aromatic heterocycles. The number of hydrogen-bond donors (Lipinski definition) is 1. The van der Waals surface area contributed by atoms with Crippen LogP contribution in [0.5, 0.6) is 11.5 Å². The quantitative estimate of drug-likeness (QED) is 0.330. The second kappa shape index (κ2) is 11.1. The van der Waals surface area contributed by atoms with E-state index in [1.807, 2.05) is 41.5 Å². The number of unbranched alkanes of at least 4 members (excludes halogenated alkanes) is 1. The molecule has 1 heterocycles. The van der Waals surface area contributed by atoms with E-state index >= 15 is 0 Å². The van der Waals surface area contributed by atoms with Crippen molar-refractivity contribution in [2.45, 2.75) is 42.0 Å². The van der Waals surface area contributed by atoms with Crippen molar-refractivity contribution in [2.24, 2.45) is 0 Å². The molecule has 1 atom stereocenters. The zero-order valence-electron chi connectivity index (χ0n) is 20.8. The van der Waals surface area contributed by atoms with E-state index in [4.69, 9.17) is 4.74 Å². The van der Waals surface area contributed by atoms with E-state index in [1.54, 1.807) is 13.1 Å². The van der Waals surface area contributed by atoms with Gasteiger partial charge in [0.2, 0.25) is 10.0 Å². The van der Waals surface area contributed by atoms with E-state index in [0.717, 1.165) is 36.7 Å². The van der Waals surface area contributed by atoms with Gasteiger partial charge in [-0.3, -0.25) is 0 Å². The average Bonchev–Trinajstić information content (AvgIpc) is 2.95. The molecule has 196 valence electrons. The van der Waals surface area contributed by atoms with Gasteiger partial charge in [-0.25, -0.2) is 17.6 Å². The van der Waals surface area contributed by atoms with Crippen LogP contribution in [0.25, 0.3) is 0 Å². The average molecular weight is 545 g/mol. The van der Waals surface area contributed by atoms with E-state index < -0.39 is 21.8 Å². The smallest absolute Gasteiger partial charge is 0.339 e. The fraction of sp³-hybridized carbons (Fsp3) is 0.296. The SMILES string of the molecule is CCCCC1CN(c2ccccc2)c2cc(SC)c(Oc3cc(F)ccc3C(=O)O)cc2S(=O)(=O)N1C. The number of benzene rings is 3. The highest BCUT2D eigenvalue weighted by Gasteiger charge is 2.37. The van der Waals surface area contributed by atoms with Crippen molar-refractivity contribution in [3.8, 4) is 11.5 Å². The number of thioether (sulfide) groups is 1. The number of anilines is 2. The third-order valence-corrected chi connectivity index (χ3v) is 9.15. The number of likely N-dealkylation sites (N-methyl/N-ethyl adjacent to an activating group) is 1. The predicted molar refractivity (Wildman–Crippen MR) is 143 cm³/mol. The maximum atomic E-state index is 14.0. The van der Waals surface area contributed by atoms with Gasteiger partial charge in [0.1, 0.15) is 27.8 Å². The molecule has 3 aromatic rings. The zero-order chi connectivity index (χ0) is 26.7. The van der Waals surface area contributed by atoms with Crippen LogP contribution < -0.4 is 9.64 Å². The monoisotopic (exact) mass is 544 g/mol. The van der Waals surface area contributed by atoms with Crippen LogP contribution in [0.2, 0.25) is 0 Å². The van der Waals surface area contributed by atoms with Gasteiger partial charge in [0.15, 0.2) is 0 Å². The normalized spacial score (nSPS) is 17.2. The summed E-state index contributed by atoms with van der Waals surface area (Å²) < 4.78 is 49.1. The molecular weight excluding hydrogens is 515 g/mol. The Balaban J connectivity index is 1.92. The molecule has 3 aromatic carbocycles. The first kappa shape index (κ1) is 27.0. The Hall–Kier alpha value is -3.08. The van der Waals surface area contributed by atoms with Gasteiger partial charge in [0.05, 0.1) is 10.6 Å². The first-order valence-corrected chi connectivity index (χ1v) is 14.6. The fourth-order valence-electron chi connectivity index (χ4n) is 4.40.